The second-order valence-corrected chi connectivity index (χ2v) is 10.6. The summed E-state index contributed by atoms with van der Waals surface area (Å²) < 4.78 is 60.4. The molecule has 0 aliphatic carbocycles. The first kappa shape index (κ1) is 29.3. The smallest absolute Gasteiger partial charge is 0.315 e. The highest BCUT2D eigenvalue weighted by Gasteiger charge is 2.44. The maximum absolute atomic E-state index is 15.3. The largest absolute Gasteiger partial charge is 0.497 e. The summed E-state index contributed by atoms with van der Waals surface area (Å²) in [5, 5.41) is 0. The van der Waals surface area contributed by atoms with Gasteiger partial charge in [0.25, 0.3) is 0 Å². The molecule has 10 heteroatoms. The molecule has 2 heterocycles. The topological polar surface area (TPSA) is 68.3 Å². The van der Waals surface area contributed by atoms with Crippen molar-refractivity contribution in [3.05, 3.63) is 83.2 Å². The summed E-state index contributed by atoms with van der Waals surface area (Å²) in [7, 11) is 1.57. The molecule has 1 saturated heterocycles. The maximum atomic E-state index is 15.3. The molecule has 5 rings (SSSR count). The van der Waals surface area contributed by atoms with Crippen molar-refractivity contribution in [1.29, 1.82) is 0 Å². The lowest BCUT2D eigenvalue weighted by atomic mass is 9.78. The average Bonchev–Trinajstić information content (AvgIpc) is 3.00. The number of carbonyl (C=O) groups excluding carboxylic acids is 2. The third-order valence-corrected chi connectivity index (χ3v) is 8.03. The van der Waals surface area contributed by atoms with Crippen LogP contribution in [0.1, 0.15) is 37.3 Å². The number of nitrogens with zero attached hydrogens (tertiary/aromatic N) is 2. The molecular formula is C32H33F3N2O5. The zero-order valence-corrected chi connectivity index (χ0v) is 23.6. The number of ether oxygens (including phenoxy) is 3. The normalized spacial score (nSPS) is 16.2. The second-order valence-electron chi connectivity index (χ2n) is 10.6. The molecule has 0 saturated carbocycles. The first-order valence-corrected chi connectivity index (χ1v) is 14.0. The summed E-state index contributed by atoms with van der Waals surface area (Å²) in [5.74, 6) is -1.19. The minimum atomic E-state index is -1.04. The maximum Gasteiger partial charge on any atom is 0.315 e. The van der Waals surface area contributed by atoms with E-state index in [1.165, 1.54) is 17.0 Å². The Morgan fingerprint density at radius 1 is 0.952 bits per heavy atom. The first-order chi connectivity index (χ1) is 20.2. The minimum absolute atomic E-state index is 0.0458. The van der Waals surface area contributed by atoms with E-state index in [1.807, 2.05) is 12.1 Å². The average molecular weight is 583 g/mol. The molecule has 3 aromatic carbocycles. The summed E-state index contributed by atoms with van der Waals surface area (Å²) in [6, 6.07) is 13.3. The number of hydrogen-bond acceptors (Lipinski definition) is 6. The molecule has 7 nitrogen and oxygen atoms in total. The molecule has 222 valence electrons. The van der Waals surface area contributed by atoms with Crippen molar-refractivity contribution in [1.82, 2.24) is 0 Å². The Bertz CT molecular complexity index is 1460. The summed E-state index contributed by atoms with van der Waals surface area (Å²) in [5.41, 5.74) is 0.640. The van der Waals surface area contributed by atoms with E-state index in [9.17, 15) is 18.4 Å². The molecule has 0 radical (unpaired) electrons. The molecular weight excluding hydrogens is 549 g/mol. The predicted molar refractivity (Wildman–Crippen MR) is 151 cm³/mol. The SMILES string of the molecule is CCOC(=O)C1(COc2ccc(F)c3c2CCC(=O)N3Cc2ccc(OC)cc2)CCN(c2cc(F)ccc2F)CC1. The van der Waals surface area contributed by atoms with Gasteiger partial charge in [-0.1, -0.05) is 12.1 Å². The lowest BCUT2D eigenvalue weighted by Gasteiger charge is -2.40. The number of benzene rings is 3. The molecule has 2 aliphatic rings. The van der Waals surface area contributed by atoms with Crippen LogP contribution < -0.4 is 19.3 Å². The van der Waals surface area contributed by atoms with E-state index < -0.39 is 28.8 Å². The van der Waals surface area contributed by atoms with E-state index >= 15 is 4.39 Å². The van der Waals surface area contributed by atoms with Crippen molar-refractivity contribution in [2.24, 2.45) is 5.41 Å². The number of esters is 1. The molecule has 0 spiro atoms. The van der Waals surface area contributed by atoms with Gasteiger partial charge < -0.3 is 24.0 Å². The highest BCUT2D eigenvalue weighted by Crippen LogP contribution is 2.41. The second kappa shape index (κ2) is 12.3. The van der Waals surface area contributed by atoms with E-state index in [4.69, 9.17) is 14.2 Å². The van der Waals surface area contributed by atoms with Gasteiger partial charge in [-0.2, -0.15) is 0 Å². The van der Waals surface area contributed by atoms with E-state index in [-0.39, 0.29) is 69.4 Å². The van der Waals surface area contributed by atoms with Crippen LogP contribution in [0.4, 0.5) is 24.5 Å². The Balaban J connectivity index is 1.37. The van der Waals surface area contributed by atoms with Gasteiger partial charge in [0.15, 0.2) is 0 Å². The number of piperidine rings is 1. The molecule has 0 aromatic heterocycles. The van der Waals surface area contributed by atoms with Gasteiger partial charge >= 0.3 is 5.97 Å². The Kier molecular flexibility index (Phi) is 8.61. The van der Waals surface area contributed by atoms with Gasteiger partial charge in [0.05, 0.1) is 31.6 Å². The van der Waals surface area contributed by atoms with E-state index in [0.717, 1.165) is 23.8 Å². The van der Waals surface area contributed by atoms with Crippen molar-refractivity contribution >= 4 is 23.3 Å². The number of anilines is 2. The molecule has 0 N–H and O–H groups in total. The molecule has 0 bridgehead atoms. The highest BCUT2D eigenvalue weighted by molar-refractivity contribution is 5.97. The van der Waals surface area contributed by atoms with E-state index in [0.29, 0.717) is 23.5 Å². The summed E-state index contributed by atoms with van der Waals surface area (Å²) in [6.45, 7) is 2.60. The van der Waals surface area contributed by atoms with Crippen LogP contribution in [0.15, 0.2) is 54.6 Å². The molecule has 3 aromatic rings. The Hall–Kier alpha value is -4.21. The van der Waals surface area contributed by atoms with Crippen molar-refractivity contribution in [3.8, 4) is 11.5 Å². The van der Waals surface area contributed by atoms with Crippen molar-refractivity contribution in [2.45, 2.75) is 39.2 Å². The van der Waals surface area contributed by atoms with Crippen LogP contribution in [-0.2, 0) is 27.3 Å². The van der Waals surface area contributed by atoms with Gasteiger partial charge in [-0.25, -0.2) is 13.2 Å². The predicted octanol–water partition coefficient (Wildman–Crippen LogP) is 5.82. The third-order valence-electron chi connectivity index (χ3n) is 8.03. The molecule has 0 unspecified atom stereocenters. The summed E-state index contributed by atoms with van der Waals surface area (Å²) in [4.78, 5) is 29.3. The standard InChI is InChI=1S/C32H33F3N2O5/c1-3-41-31(39)32(14-16-36(17-15-32)27-18-22(33)6-10-25(27)34)20-42-28-12-11-26(35)30-24(28)9-13-29(38)37(30)19-21-4-7-23(40-2)8-5-21/h4-8,10-12,18H,3,9,13-17,19-20H2,1-2H3. The van der Waals surface area contributed by atoms with Crippen molar-refractivity contribution in [3.63, 3.8) is 0 Å². The number of methoxy groups -OCH3 is 1. The van der Waals surface area contributed by atoms with Crippen LogP contribution in [0.25, 0.3) is 0 Å². The Morgan fingerprint density at radius 3 is 2.36 bits per heavy atom. The van der Waals surface area contributed by atoms with Crippen molar-refractivity contribution < 1.29 is 37.0 Å². The fraction of sp³-hybridized carbons (Fsp3) is 0.375. The van der Waals surface area contributed by atoms with Gasteiger partial charge in [0.1, 0.15) is 41.0 Å². The summed E-state index contributed by atoms with van der Waals surface area (Å²) in [6.07, 6.45) is 1.04. The number of halogens is 3. The zero-order chi connectivity index (χ0) is 29.9. The number of fused-ring (bicyclic) bond motifs is 1. The van der Waals surface area contributed by atoms with Crippen LogP contribution >= 0.6 is 0 Å². The van der Waals surface area contributed by atoms with Gasteiger partial charge in [0, 0.05) is 31.1 Å². The molecule has 42 heavy (non-hydrogen) atoms. The van der Waals surface area contributed by atoms with Crippen LogP contribution in [0.3, 0.4) is 0 Å². The lowest BCUT2D eigenvalue weighted by molar-refractivity contribution is -0.159. The van der Waals surface area contributed by atoms with Crippen LogP contribution in [0.2, 0.25) is 0 Å². The minimum Gasteiger partial charge on any atom is -0.497 e. The Labute approximate surface area is 242 Å². The highest BCUT2D eigenvalue weighted by atomic mass is 19.1. The quantitative estimate of drug-likeness (QED) is 0.296. The fourth-order valence-electron chi connectivity index (χ4n) is 5.64. The number of rotatable bonds is 9. The first-order valence-electron chi connectivity index (χ1n) is 14.0. The lowest BCUT2D eigenvalue weighted by Crippen LogP contribution is -2.48. The third kappa shape index (κ3) is 5.89. The zero-order valence-electron chi connectivity index (χ0n) is 23.6. The van der Waals surface area contributed by atoms with Gasteiger partial charge in [-0.15, -0.1) is 0 Å². The van der Waals surface area contributed by atoms with Crippen LogP contribution in [0, 0.1) is 22.9 Å². The van der Waals surface area contributed by atoms with E-state index in [2.05, 4.69) is 0 Å². The van der Waals surface area contributed by atoms with Crippen LogP contribution in [-0.4, -0.2) is 45.3 Å². The number of hydrogen-bond donors (Lipinski definition) is 0. The molecule has 0 atom stereocenters. The van der Waals surface area contributed by atoms with Crippen LogP contribution in [0.5, 0.6) is 11.5 Å². The number of carbonyl (C=O) groups is 2. The van der Waals surface area contributed by atoms with Crippen molar-refractivity contribution in [2.75, 3.05) is 43.2 Å². The molecule has 1 fully saturated rings. The fourth-order valence-corrected chi connectivity index (χ4v) is 5.64. The van der Waals surface area contributed by atoms with Gasteiger partial charge in [-0.05, 0) is 68.1 Å². The van der Waals surface area contributed by atoms with Gasteiger partial charge in [0.2, 0.25) is 5.91 Å². The molecule has 1 amide bonds. The monoisotopic (exact) mass is 582 g/mol. The number of amides is 1. The Morgan fingerprint density at radius 2 is 1.67 bits per heavy atom. The van der Waals surface area contributed by atoms with Gasteiger partial charge in [-0.3, -0.25) is 9.59 Å². The molecule has 2 aliphatic heterocycles. The van der Waals surface area contributed by atoms with E-state index in [1.54, 1.807) is 31.1 Å². The summed E-state index contributed by atoms with van der Waals surface area (Å²) >= 11 is 0.